The summed E-state index contributed by atoms with van der Waals surface area (Å²) in [5.74, 6) is 1.64. The fourth-order valence-corrected chi connectivity index (χ4v) is 6.57. The molecule has 2 aliphatic heterocycles. The summed E-state index contributed by atoms with van der Waals surface area (Å²) in [5.41, 5.74) is 2.34. The number of fused-ring (bicyclic) bond motifs is 2. The van der Waals surface area contributed by atoms with Gasteiger partial charge in [0.25, 0.3) is 0 Å². The van der Waals surface area contributed by atoms with Crippen LogP contribution in [0.3, 0.4) is 0 Å². The number of cyclic esters (lactones) is 1. The summed E-state index contributed by atoms with van der Waals surface area (Å²) in [6, 6.07) is 4.28. The van der Waals surface area contributed by atoms with E-state index in [0.717, 1.165) is 44.2 Å². The van der Waals surface area contributed by atoms with Gasteiger partial charge in [0.15, 0.2) is 5.79 Å². The molecule has 3 heterocycles. The van der Waals surface area contributed by atoms with E-state index < -0.39 is 0 Å². The first-order chi connectivity index (χ1) is 13.5. The molecule has 5 heteroatoms. The van der Waals surface area contributed by atoms with Crippen LogP contribution < -0.4 is 0 Å². The minimum absolute atomic E-state index is 0.0160. The predicted molar refractivity (Wildman–Crippen MR) is 103 cm³/mol. The second-order valence-corrected chi connectivity index (χ2v) is 9.37. The predicted octanol–water partition coefficient (Wildman–Crippen LogP) is 3.68. The molecule has 28 heavy (non-hydrogen) atoms. The van der Waals surface area contributed by atoms with E-state index in [1.54, 1.807) is 0 Å². The molecule has 0 bridgehead atoms. The maximum absolute atomic E-state index is 12.6. The third kappa shape index (κ3) is 3.17. The van der Waals surface area contributed by atoms with Crippen molar-refractivity contribution in [2.24, 2.45) is 29.6 Å². The van der Waals surface area contributed by atoms with Crippen molar-refractivity contribution in [1.29, 1.82) is 0 Å². The fraction of sp³-hybridized carbons (Fsp3) is 0.739. The molecule has 0 unspecified atom stereocenters. The minimum Gasteiger partial charge on any atom is -0.462 e. The number of nitrogens with zero attached hydrogens (tertiary/aromatic N) is 1. The molecule has 5 rings (SSSR count). The smallest absolute Gasteiger partial charge is 0.309 e. The Morgan fingerprint density at radius 2 is 2.07 bits per heavy atom. The first kappa shape index (κ1) is 18.6. The molecule has 152 valence electrons. The number of ether oxygens (including phenoxy) is 3. The monoisotopic (exact) mass is 385 g/mol. The van der Waals surface area contributed by atoms with E-state index in [4.69, 9.17) is 14.2 Å². The van der Waals surface area contributed by atoms with Gasteiger partial charge in [0.1, 0.15) is 6.10 Å². The number of hydrogen-bond donors (Lipinski definition) is 0. The van der Waals surface area contributed by atoms with Gasteiger partial charge in [-0.2, -0.15) is 0 Å². The van der Waals surface area contributed by atoms with Crippen molar-refractivity contribution in [3.63, 3.8) is 0 Å². The van der Waals surface area contributed by atoms with Gasteiger partial charge in [-0.3, -0.25) is 9.78 Å². The molecule has 2 saturated carbocycles. The Kier molecular flexibility index (Phi) is 4.71. The zero-order valence-electron chi connectivity index (χ0n) is 16.9. The van der Waals surface area contributed by atoms with Crippen LogP contribution >= 0.6 is 0 Å². The zero-order chi connectivity index (χ0) is 19.3. The number of carbonyl (C=O) groups excluding carboxylic acids is 1. The molecule has 2 saturated heterocycles. The van der Waals surface area contributed by atoms with Crippen molar-refractivity contribution in [2.75, 3.05) is 13.2 Å². The number of hydrogen-bond acceptors (Lipinski definition) is 5. The summed E-state index contributed by atoms with van der Waals surface area (Å²) in [6.45, 7) is 5.56. The quantitative estimate of drug-likeness (QED) is 0.743. The van der Waals surface area contributed by atoms with Crippen molar-refractivity contribution in [2.45, 2.75) is 64.3 Å². The van der Waals surface area contributed by atoms with Crippen LogP contribution in [0.5, 0.6) is 0 Å². The lowest BCUT2D eigenvalue weighted by Crippen LogP contribution is -2.49. The lowest BCUT2D eigenvalue weighted by molar-refractivity contribution is -0.207. The molecular formula is C23H31NO4. The molecule has 0 N–H and O–H groups in total. The Morgan fingerprint density at radius 3 is 2.82 bits per heavy atom. The standard InChI is InChI=1S/C23H31NO4/c1-14-3-4-17(24-13-14)5-6-19-18-7-8-23(26-9-10-27-23)12-16(18)11-20-21(19)15(2)28-22(20)25/h3-4,13,15-16,18-21H,5-12H2,1-2H3/t15-,16-,18-,19+,20-,21+/m1/s1. The fourth-order valence-electron chi connectivity index (χ4n) is 6.57. The van der Waals surface area contributed by atoms with Crippen LogP contribution in [-0.4, -0.2) is 36.1 Å². The zero-order valence-corrected chi connectivity index (χ0v) is 16.9. The lowest BCUT2D eigenvalue weighted by atomic mass is 9.55. The molecule has 6 atom stereocenters. The molecule has 1 aromatic heterocycles. The molecule has 5 nitrogen and oxygen atoms in total. The summed E-state index contributed by atoms with van der Waals surface area (Å²) >= 11 is 0. The SMILES string of the molecule is Cc1ccc(CC[C@H]2[C@@H]3CCC4(C[C@H]3C[C@H]3C(=O)O[C@H](C)[C@@H]23)OCCO4)nc1. The van der Waals surface area contributed by atoms with Crippen molar-refractivity contribution < 1.29 is 19.0 Å². The highest BCUT2D eigenvalue weighted by Crippen LogP contribution is 2.56. The second kappa shape index (κ2) is 7.10. The van der Waals surface area contributed by atoms with Crippen molar-refractivity contribution in [1.82, 2.24) is 4.98 Å². The molecule has 4 aliphatic rings. The van der Waals surface area contributed by atoms with Gasteiger partial charge in [0.2, 0.25) is 0 Å². The van der Waals surface area contributed by atoms with Gasteiger partial charge in [-0.1, -0.05) is 6.07 Å². The Morgan fingerprint density at radius 1 is 1.25 bits per heavy atom. The van der Waals surface area contributed by atoms with E-state index in [0.29, 0.717) is 36.9 Å². The number of carbonyl (C=O) groups is 1. The molecule has 0 amide bonds. The topological polar surface area (TPSA) is 57.7 Å². The second-order valence-electron chi connectivity index (χ2n) is 9.37. The Labute approximate surface area is 167 Å². The van der Waals surface area contributed by atoms with Gasteiger partial charge < -0.3 is 14.2 Å². The summed E-state index contributed by atoms with van der Waals surface area (Å²) in [6.07, 6.45) is 8.00. The molecule has 4 fully saturated rings. The van der Waals surface area contributed by atoms with Crippen LogP contribution in [0, 0.1) is 36.5 Å². The highest BCUT2D eigenvalue weighted by Gasteiger charge is 2.57. The Hall–Kier alpha value is -1.46. The largest absolute Gasteiger partial charge is 0.462 e. The van der Waals surface area contributed by atoms with Gasteiger partial charge in [0, 0.05) is 30.7 Å². The van der Waals surface area contributed by atoms with Gasteiger partial charge in [-0.15, -0.1) is 0 Å². The van der Waals surface area contributed by atoms with Crippen LogP contribution in [0.1, 0.15) is 50.3 Å². The molecule has 0 radical (unpaired) electrons. The van der Waals surface area contributed by atoms with Gasteiger partial charge >= 0.3 is 5.97 Å². The van der Waals surface area contributed by atoms with Crippen LogP contribution in [0.15, 0.2) is 18.3 Å². The van der Waals surface area contributed by atoms with Crippen molar-refractivity contribution in [3.8, 4) is 0 Å². The maximum atomic E-state index is 12.6. The average Bonchev–Trinajstić information content (AvgIpc) is 3.24. The number of pyridine rings is 1. The van der Waals surface area contributed by atoms with Gasteiger partial charge in [-0.05, 0) is 68.9 Å². The lowest BCUT2D eigenvalue weighted by Gasteiger charge is -2.50. The maximum Gasteiger partial charge on any atom is 0.309 e. The highest BCUT2D eigenvalue weighted by atomic mass is 16.7. The van der Waals surface area contributed by atoms with Crippen molar-refractivity contribution >= 4 is 5.97 Å². The summed E-state index contributed by atoms with van der Waals surface area (Å²) in [5, 5.41) is 0. The van der Waals surface area contributed by atoms with Crippen LogP contribution in [0.25, 0.3) is 0 Å². The van der Waals surface area contributed by atoms with E-state index >= 15 is 0 Å². The highest BCUT2D eigenvalue weighted by molar-refractivity contribution is 5.75. The Balaban J connectivity index is 1.37. The van der Waals surface area contributed by atoms with E-state index in [-0.39, 0.29) is 23.8 Å². The Bertz CT molecular complexity index is 727. The number of aromatic nitrogens is 1. The van der Waals surface area contributed by atoms with Crippen molar-refractivity contribution in [3.05, 3.63) is 29.6 Å². The van der Waals surface area contributed by atoms with Gasteiger partial charge in [0.05, 0.1) is 19.1 Å². The first-order valence-electron chi connectivity index (χ1n) is 10.9. The van der Waals surface area contributed by atoms with E-state index in [1.165, 1.54) is 5.56 Å². The van der Waals surface area contributed by atoms with Crippen LogP contribution in [0.2, 0.25) is 0 Å². The molecular weight excluding hydrogens is 354 g/mol. The molecule has 1 spiro atoms. The third-order valence-corrected chi connectivity index (χ3v) is 7.77. The van der Waals surface area contributed by atoms with E-state index in [9.17, 15) is 4.79 Å². The van der Waals surface area contributed by atoms with E-state index in [2.05, 4.69) is 31.0 Å². The number of aryl methyl sites for hydroxylation is 2. The van der Waals surface area contributed by atoms with E-state index in [1.807, 2.05) is 6.20 Å². The molecule has 2 aliphatic carbocycles. The van der Waals surface area contributed by atoms with Gasteiger partial charge in [-0.25, -0.2) is 0 Å². The summed E-state index contributed by atoms with van der Waals surface area (Å²) in [4.78, 5) is 17.2. The summed E-state index contributed by atoms with van der Waals surface area (Å²) in [7, 11) is 0. The number of rotatable bonds is 3. The average molecular weight is 386 g/mol. The molecule has 1 aromatic rings. The first-order valence-corrected chi connectivity index (χ1v) is 10.9. The minimum atomic E-state index is -0.384. The summed E-state index contributed by atoms with van der Waals surface area (Å²) < 4.78 is 17.7. The third-order valence-electron chi connectivity index (χ3n) is 7.77. The normalized spacial score (nSPS) is 38.9. The van der Waals surface area contributed by atoms with Crippen LogP contribution in [0.4, 0.5) is 0 Å². The number of esters is 1. The van der Waals surface area contributed by atoms with Crippen LogP contribution in [-0.2, 0) is 25.4 Å². The molecule has 0 aromatic carbocycles.